The Bertz CT molecular complexity index is 625. The van der Waals surface area contributed by atoms with Crippen LogP contribution in [0.1, 0.15) is 0 Å². The SMILES string of the molecule is Brc1ccc(-c2ccc(-c3ncc[nH]3)cc2)cc1. The molecule has 0 radical (unpaired) electrons. The second-order valence-electron chi connectivity index (χ2n) is 4.02. The summed E-state index contributed by atoms with van der Waals surface area (Å²) in [6, 6.07) is 16.7. The van der Waals surface area contributed by atoms with Gasteiger partial charge in [0.05, 0.1) is 0 Å². The summed E-state index contributed by atoms with van der Waals surface area (Å²) in [5.41, 5.74) is 3.52. The standard InChI is InChI=1S/C15H11BrN2/c16-14-7-5-12(6-8-14)11-1-3-13(4-2-11)15-17-9-10-18-15/h1-10H,(H,17,18). The van der Waals surface area contributed by atoms with E-state index in [1.807, 2.05) is 6.20 Å². The minimum Gasteiger partial charge on any atom is -0.345 e. The van der Waals surface area contributed by atoms with Crippen molar-refractivity contribution in [2.75, 3.05) is 0 Å². The summed E-state index contributed by atoms with van der Waals surface area (Å²) in [6.45, 7) is 0. The van der Waals surface area contributed by atoms with Crippen molar-refractivity contribution >= 4 is 15.9 Å². The maximum atomic E-state index is 4.24. The van der Waals surface area contributed by atoms with Gasteiger partial charge in [0.15, 0.2) is 0 Å². The first kappa shape index (κ1) is 11.2. The lowest BCUT2D eigenvalue weighted by Crippen LogP contribution is -1.81. The molecule has 1 aromatic heterocycles. The average Bonchev–Trinajstić information content (AvgIpc) is 2.94. The topological polar surface area (TPSA) is 28.7 Å². The van der Waals surface area contributed by atoms with Crippen molar-refractivity contribution in [2.24, 2.45) is 0 Å². The summed E-state index contributed by atoms with van der Waals surface area (Å²) in [6.07, 6.45) is 3.59. The molecule has 2 aromatic carbocycles. The predicted octanol–water partition coefficient (Wildman–Crippen LogP) is 4.51. The van der Waals surface area contributed by atoms with Crippen molar-refractivity contribution in [1.29, 1.82) is 0 Å². The highest BCUT2D eigenvalue weighted by Gasteiger charge is 2.01. The zero-order valence-electron chi connectivity index (χ0n) is 9.60. The zero-order valence-corrected chi connectivity index (χ0v) is 11.2. The van der Waals surface area contributed by atoms with Crippen LogP contribution in [0.3, 0.4) is 0 Å². The largest absolute Gasteiger partial charge is 0.345 e. The number of hydrogen-bond acceptors (Lipinski definition) is 1. The van der Waals surface area contributed by atoms with Crippen LogP contribution in [-0.4, -0.2) is 9.97 Å². The molecule has 0 fully saturated rings. The van der Waals surface area contributed by atoms with Crippen LogP contribution in [0, 0.1) is 0 Å². The Balaban J connectivity index is 1.94. The molecule has 0 amide bonds. The van der Waals surface area contributed by atoms with E-state index in [1.165, 1.54) is 11.1 Å². The van der Waals surface area contributed by atoms with Gasteiger partial charge in [0, 0.05) is 22.4 Å². The Morgan fingerprint density at radius 2 is 1.33 bits per heavy atom. The smallest absolute Gasteiger partial charge is 0.137 e. The van der Waals surface area contributed by atoms with Gasteiger partial charge in [-0.05, 0) is 23.3 Å². The molecule has 3 aromatic rings. The summed E-state index contributed by atoms with van der Waals surface area (Å²) in [7, 11) is 0. The maximum Gasteiger partial charge on any atom is 0.137 e. The molecular formula is C15H11BrN2. The van der Waals surface area contributed by atoms with E-state index >= 15 is 0 Å². The molecule has 1 N–H and O–H groups in total. The molecule has 0 atom stereocenters. The van der Waals surface area contributed by atoms with Crippen LogP contribution < -0.4 is 0 Å². The minimum absolute atomic E-state index is 0.900. The van der Waals surface area contributed by atoms with Crippen LogP contribution >= 0.6 is 15.9 Å². The summed E-state index contributed by atoms with van der Waals surface area (Å²) >= 11 is 3.44. The first-order valence-corrected chi connectivity index (χ1v) is 6.48. The molecule has 3 rings (SSSR count). The van der Waals surface area contributed by atoms with Crippen molar-refractivity contribution < 1.29 is 0 Å². The fourth-order valence-corrected chi connectivity index (χ4v) is 2.15. The maximum absolute atomic E-state index is 4.24. The number of hydrogen-bond donors (Lipinski definition) is 1. The molecule has 1 heterocycles. The normalized spacial score (nSPS) is 10.5. The molecule has 2 nitrogen and oxygen atoms in total. The molecule has 88 valence electrons. The molecule has 0 aliphatic heterocycles. The number of aromatic nitrogens is 2. The van der Waals surface area contributed by atoms with E-state index in [-0.39, 0.29) is 0 Å². The van der Waals surface area contributed by atoms with Crippen molar-refractivity contribution in [1.82, 2.24) is 9.97 Å². The minimum atomic E-state index is 0.900. The van der Waals surface area contributed by atoms with Crippen LogP contribution in [-0.2, 0) is 0 Å². The molecule has 0 bridgehead atoms. The summed E-state index contributed by atoms with van der Waals surface area (Å²) in [5.74, 6) is 0.900. The number of rotatable bonds is 2. The Hall–Kier alpha value is -1.87. The molecule has 0 saturated heterocycles. The molecule has 3 heteroatoms. The third kappa shape index (κ3) is 2.22. The predicted molar refractivity (Wildman–Crippen MR) is 77.2 cm³/mol. The van der Waals surface area contributed by atoms with Gasteiger partial charge in [0.2, 0.25) is 0 Å². The lowest BCUT2D eigenvalue weighted by atomic mass is 10.0. The van der Waals surface area contributed by atoms with E-state index in [2.05, 4.69) is 74.4 Å². The quantitative estimate of drug-likeness (QED) is 0.741. The number of nitrogens with zero attached hydrogens (tertiary/aromatic N) is 1. The van der Waals surface area contributed by atoms with Gasteiger partial charge < -0.3 is 4.98 Å². The van der Waals surface area contributed by atoms with Crippen molar-refractivity contribution in [3.63, 3.8) is 0 Å². The molecule has 0 saturated carbocycles. The van der Waals surface area contributed by atoms with E-state index in [0.717, 1.165) is 15.9 Å². The Morgan fingerprint density at radius 1 is 0.778 bits per heavy atom. The number of aromatic amines is 1. The van der Waals surface area contributed by atoms with E-state index in [0.29, 0.717) is 0 Å². The monoisotopic (exact) mass is 298 g/mol. The Morgan fingerprint density at radius 3 is 1.89 bits per heavy atom. The Labute approximate surface area is 114 Å². The lowest BCUT2D eigenvalue weighted by Gasteiger charge is -2.03. The van der Waals surface area contributed by atoms with Crippen LogP contribution in [0.2, 0.25) is 0 Å². The zero-order chi connectivity index (χ0) is 12.4. The number of halogens is 1. The van der Waals surface area contributed by atoms with Crippen molar-refractivity contribution in [3.8, 4) is 22.5 Å². The van der Waals surface area contributed by atoms with Crippen molar-refractivity contribution in [2.45, 2.75) is 0 Å². The number of nitrogens with one attached hydrogen (secondary N) is 1. The van der Waals surface area contributed by atoms with Crippen LogP contribution in [0.5, 0.6) is 0 Å². The molecule has 0 aliphatic carbocycles. The fraction of sp³-hybridized carbons (Fsp3) is 0. The first-order valence-electron chi connectivity index (χ1n) is 5.69. The highest BCUT2D eigenvalue weighted by Crippen LogP contribution is 2.24. The van der Waals surface area contributed by atoms with Crippen LogP contribution in [0.4, 0.5) is 0 Å². The van der Waals surface area contributed by atoms with E-state index in [1.54, 1.807) is 6.20 Å². The number of imidazole rings is 1. The van der Waals surface area contributed by atoms with E-state index in [9.17, 15) is 0 Å². The van der Waals surface area contributed by atoms with Crippen LogP contribution in [0.15, 0.2) is 65.4 Å². The second kappa shape index (κ2) is 4.78. The van der Waals surface area contributed by atoms with E-state index < -0.39 is 0 Å². The number of benzene rings is 2. The fourth-order valence-electron chi connectivity index (χ4n) is 1.89. The summed E-state index contributed by atoms with van der Waals surface area (Å²) < 4.78 is 1.10. The molecule has 0 spiro atoms. The number of H-pyrrole nitrogens is 1. The Kier molecular flexibility index (Phi) is 2.99. The first-order chi connectivity index (χ1) is 8.83. The van der Waals surface area contributed by atoms with Gasteiger partial charge in [-0.3, -0.25) is 0 Å². The van der Waals surface area contributed by atoms with Gasteiger partial charge in [0.25, 0.3) is 0 Å². The summed E-state index contributed by atoms with van der Waals surface area (Å²) in [5, 5.41) is 0. The molecular weight excluding hydrogens is 288 g/mol. The van der Waals surface area contributed by atoms with E-state index in [4.69, 9.17) is 0 Å². The highest BCUT2D eigenvalue weighted by atomic mass is 79.9. The summed E-state index contributed by atoms with van der Waals surface area (Å²) in [4.78, 5) is 7.34. The van der Waals surface area contributed by atoms with Crippen molar-refractivity contribution in [3.05, 3.63) is 65.4 Å². The van der Waals surface area contributed by atoms with Gasteiger partial charge in [0.1, 0.15) is 5.82 Å². The average molecular weight is 299 g/mol. The van der Waals surface area contributed by atoms with Crippen LogP contribution in [0.25, 0.3) is 22.5 Å². The van der Waals surface area contributed by atoms with Gasteiger partial charge in [-0.15, -0.1) is 0 Å². The van der Waals surface area contributed by atoms with Gasteiger partial charge in [-0.2, -0.15) is 0 Å². The third-order valence-corrected chi connectivity index (χ3v) is 3.36. The van der Waals surface area contributed by atoms with Gasteiger partial charge >= 0.3 is 0 Å². The van der Waals surface area contributed by atoms with Gasteiger partial charge in [-0.25, -0.2) is 4.98 Å². The van der Waals surface area contributed by atoms with Gasteiger partial charge in [-0.1, -0.05) is 52.3 Å². The third-order valence-electron chi connectivity index (χ3n) is 2.83. The molecule has 0 aliphatic rings. The molecule has 18 heavy (non-hydrogen) atoms. The highest BCUT2D eigenvalue weighted by molar-refractivity contribution is 9.10. The molecule has 0 unspecified atom stereocenters. The second-order valence-corrected chi connectivity index (χ2v) is 4.94. The lowest BCUT2D eigenvalue weighted by molar-refractivity contribution is 1.31.